The van der Waals surface area contributed by atoms with Crippen LogP contribution in [-0.2, 0) is 37.8 Å². The monoisotopic (exact) mass is 886 g/mol. The van der Waals surface area contributed by atoms with Crippen LogP contribution in [0.15, 0.2) is 53.6 Å². The van der Waals surface area contributed by atoms with Crippen LogP contribution in [0.3, 0.4) is 0 Å². The summed E-state index contributed by atoms with van der Waals surface area (Å²) in [5, 5.41) is 25.3. The molecular weight excluding hydrogens is 819 g/mol. The van der Waals surface area contributed by atoms with Gasteiger partial charge in [-0.15, -0.1) is 0 Å². The van der Waals surface area contributed by atoms with Crippen molar-refractivity contribution < 1.29 is 23.7 Å². The van der Waals surface area contributed by atoms with E-state index in [0.717, 1.165) is 105 Å². The van der Waals surface area contributed by atoms with Crippen LogP contribution < -0.4 is 26.2 Å². The molecule has 5 N–H and O–H groups in total. The van der Waals surface area contributed by atoms with Crippen molar-refractivity contribution in [3.63, 3.8) is 0 Å². The fourth-order valence-corrected chi connectivity index (χ4v) is 9.93. The molecule has 2 aliphatic carbocycles. The summed E-state index contributed by atoms with van der Waals surface area (Å²) in [6, 6.07) is 14.8. The van der Waals surface area contributed by atoms with E-state index >= 15 is 0 Å². The van der Waals surface area contributed by atoms with Gasteiger partial charge in [0.15, 0.2) is 5.82 Å². The fraction of sp³-hybridized carbons (Fsp3) is 0.565. The second-order valence-electron chi connectivity index (χ2n) is 16.6. The zero-order valence-corrected chi connectivity index (χ0v) is 38.5. The van der Waals surface area contributed by atoms with Gasteiger partial charge in [-0.1, -0.05) is 51.7 Å². The largest absolute Gasteiger partial charge is 0.393 e. The number of piperidine rings is 1. The lowest BCUT2D eigenvalue weighted by atomic mass is 9.98. The molecule has 4 aromatic rings. The van der Waals surface area contributed by atoms with Gasteiger partial charge in [-0.05, 0) is 81.3 Å². The van der Waals surface area contributed by atoms with Crippen molar-refractivity contribution >= 4 is 63.4 Å². The number of aliphatic hydroxyl groups excluding tert-OH is 1. The van der Waals surface area contributed by atoms with E-state index in [1.54, 1.807) is 17.9 Å². The molecule has 3 aliphatic heterocycles. The summed E-state index contributed by atoms with van der Waals surface area (Å²) in [4.78, 5) is 48.4. The van der Waals surface area contributed by atoms with Crippen molar-refractivity contribution in [1.29, 1.82) is 0 Å². The summed E-state index contributed by atoms with van der Waals surface area (Å²) in [5.41, 5.74) is 3.98. The molecule has 5 heterocycles. The van der Waals surface area contributed by atoms with Gasteiger partial charge in [-0.3, -0.25) is 24.0 Å². The number of hydrogen-bond donors (Lipinski definition) is 5. The van der Waals surface area contributed by atoms with Crippen LogP contribution in [0, 0.1) is 0 Å². The number of amides is 3. The van der Waals surface area contributed by atoms with E-state index in [4.69, 9.17) is 5.11 Å². The third-order valence-electron chi connectivity index (χ3n) is 12.5. The SMILES string of the molecule is CC.CC(c1cccc(S(=O)N2CCCCC2)c1)N1CCN(c2ccc3c(NC(=O)CCNC=O)nn(C)c3c2)CC1.CNc1ncc2c(n1)NC(=O)C21CC1.OC1CCCCC1. The van der Waals surface area contributed by atoms with Crippen LogP contribution in [-0.4, -0.2) is 115 Å². The summed E-state index contributed by atoms with van der Waals surface area (Å²) < 4.78 is 17.0. The number of fused-ring (bicyclic) bond motifs is 3. The second kappa shape index (κ2) is 22.6. The minimum atomic E-state index is -1.09. The Morgan fingerprint density at radius 2 is 1.71 bits per heavy atom. The maximum Gasteiger partial charge on any atom is 0.236 e. The lowest BCUT2D eigenvalue weighted by molar-refractivity contribution is -0.118. The summed E-state index contributed by atoms with van der Waals surface area (Å²) in [7, 11) is 2.54. The second-order valence-corrected chi connectivity index (χ2v) is 18.1. The van der Waals surface area contributed by atoms with Gasteiger partial charge in [-0.25, -0.2) is 13.5 Å². The average molecular weight is 886 g/mol. The van der Waals surface area contributed by atoms with Crippen LogP contribution in [0.25, 0.3) is 10.9 Å². The van der Waals surface area contributed by atoms with E-state index in [2.05, 4.69) is 81.6 Å². The number of piperazine rings is 1. The predicted octanol–water partition coefficient (Wildman–Crippen LogP) is 5.88. The highest BCUT2D eigenvalue weighted by molar-refractivity contribution is 7.82. The number of aromatic nitrogens is 4. The third kappa shape index (κ3) is 11.8. The van der Waals surface area contributed by atoms with Crippen molar-refractivity contribution in [3.8, 4) is 0 Å². The predicted molar refractivity (Wildman–Crippen MR) is 250 cm³/mol. The molecular formula is C46H67N11O5S. The third-order valence-corrected chi connectivity index (χ3v) is 14.0. The molecule has 2 atom stereocenters. The van der Waals surface area contributed by atoms with Crippen molar-refractivity contribution in [1.82, 2.24) is 34.3 Å². The summed E-state index contributed by atoms with van der Waals surface area (Å²) in [6.07, 6.45) is 13.8. The van der Waals surface area contributed by atoms with Crippen LogP contribution in [0.2, 0.25) is 0 Å². The molecule has 342 valence electrons. The Bertz CT molecular complexity index is 2180. The summed E-state index contributed by atoms with van der Waals surface area (Å²) >= 11 is 0. The first-order chi connectivity index (χ1) is 30.6. The Morgan fingerprint density at radius 1 is 1.00 bits per heavy atom. The van der Waals surface area contributed by atoms with Gasteiger partial charge in [0.1, 0.15) is 16.8 Å². The Hall–Kier alpha value is -4.97. The minimum absolute atomic E-state index is 0.0359. The van der Waals surface area contributed by atoms with E-state index < -0.39 is 11.0 Å². The molecule has 2 unspecified atom stereocenters. The van der Waals surface area contributed by atoms with E-state index in [1.165, 1.54) is 31.2 Å². The topological polar surface area (TPSA) is 190 Å². The molecule has 3 amide bonds. The highest BCUT2D eigenvalue weighted by Crippen LogP contribution is 2.54. The first-order valence-corrected chi connectivity index (χ1v) is 23.9. The summed E-state index contributed by atoms with van der Waals surface area (Å²) in [6.45, 7) is 12.0. The Balaban J connectivity index is 0.000000231. The van der Waals surface area contributed by atoms with Crippen molar-refractivity contribution in [2.24, 2.45) is 7.05 Å². The molecule has 17 heteroatoms. The van der Waals surface area contributed by atoms with Gasteiger partial charge < -0.3 is 31.3 Å². The number of carbonyl (C=O) groups excluding carboxylic acids is 3. The molecule has 9 rings (SSSR count). The van der Waals surface area contributed by atoms with Gasteiger partial charge in [0.2, 0.25) is 24.2 Å². The van der Waals surface area contributed by atoms with Gasteiger partial charge in [-0.2, -0.15) is 10.1 Å². The standard InChI is InChI=1S/C29H39N7O3S.C9H10N4O.C6H12O.C2H6/c1-22(23-7-6-8-25(19-23)40(39)36-13-4-3-5-14-36)34-15-17-35(18-16-34)24-9-10-26-27(20-24)33(2)32-29(26)31-28(38)11-12-30-21-37;1-10-8-11-4-5-6(13-8)12-7(14)9(5)2-3-9;7-6-4-2-1-3-5-6;1-2/h6-10,19-22H,3-5,11-18H2,1-2H3,(H,30,37)(H,31,32,38);4H,2-3H2,1H3,(H2,10,11,12,13,14);6-7H,1-5H2;1-2H3. The maximum absolute atomic E-state index is 13.2. The number of hydrogen-bond acceptors (Lipinski definition) is 11. The molecule has 63 heavy (non-hydrogen) atoms. The van der Waals surface area contributed by atoms with Crippen LogP contribution in [0.1, 0.15) is 109 Å². The zero-order valence-electron chi connectivity index (χ0n) is 37.7. The van der Waals surface area contributed by atoms with Crippen molar-refractivity contribution in [3.05, 3.63) is 59.8 Å². The molecule has 2 aromatic heterocycles. The van der Waals surface area contributed by atoms with E-state index in [9.17, 15) is 18.6 Å². The van der Waals surface area contributed by atoms with Crippen LogP contribution in [0.5, 0.6) is 0 Å². The summed E-state index contributed by atoms with van der Waals surface area (Å²) in [5.74, 6) is 1.64. The Morgan fingerprint density at radius 3 is 2.37 bits per heavy atom. The van der Waals surface area contributed by atoms with Crippen molar-refractivity contribution in [2.45, 2.75) is 114 Å². The normalized spacial score (nSPS) is 19.1. The molecule has 2 aromatic carbocycles. The molecule has 0 radical (unpaired) electrons. The van der Waals surface area contributed by atoms with Gasteiger partial charge >= 0.3 is 0 Å². The highest BCUT2D eigenvalue weighted by atomic mass is 32.2. The number of carbonyl (C=O) groups is 3. The molecule has 5 aliphatic rings. The van der Waals surface area contributed by atoms with E-state index in [0.29, 0.717) is 30.5 Å². The number of anilines is 4. The maximum atomic E-state index is 13.2. The number of nitrogens with one attached hydrogen (secondary N) is 4. The lowest BCUT2D eigenvalue weighted by Crippen LogP contribution is -2.47. The number of nitrogens with zero attached hydrogens (tertiary/aromatic N) is 7. The number of rotatable bonds is 11. The molecule has 16 nitrogen and oxygen atoms in total. The van der Waals surface area contributed by atoms with Gasteiger partial charge in [0.05, 0.1) is 21.9 Å². The number of benzene rings is 2. The Kier molecular flexibility index (Phi) is 17.0. The quantitative estimate of drug-likeness (QED) is 0.0894. The van der Waals surface area contributed by atoms with E-state index in [-0.39, 0.29) is 35.8 Å². The molecule has 0 bridgehead atoms. The average Bonchev–Trinajstić information content (AvgIpc) is 4.02. The smallest absolute Gasteiger partial charge is 0.236 e. The highest BCUT2D eigenvalue weighted by Gasteiger charge is 2.57. The Labute approximate surface area is 374 Å². The number of aryl methyl sites for hydroxylation is 1. The first-order valence-electron chi connectivity index (χ1n) is 22.8. The molecule has 2 saturated heterocycles. The fourth-order valence-electron chi connectivity index (χ4n) is 8.61. The first kappa shape index (κ1) is 47.5. The van der Waals surface area contributed by atoms with Crippen LogP contribution in [0.4, 0.5) is 23.3 Å². The minimum Gasteiger partial charge on any atom is -0.393 e. The molecule has 4 fully saturated rings. The van der Waals surface area contributed by atoms with E-state index in [1.807, 2.05) is 39.1 Å². The lowest BCUT2D eigenvalue weighted by Gasteiger charge is -2.39. The van der Waals surface area contributed by atoms with Gasteiger partial charge in [0.25, 0.3) is 0 Å². The van der Waals surface area contributed by atoms with Gasteiger partial charge in [0, 0.05) is 95.2 Å². The molecule has 1 spiro atoms. The molecule has 2 saturated carbocycles. The van der Waals surface area contributed by atoms with Crippen LogP contribution >= 0.6 is 0 Å². The zero-order chi connectivity index (χ0) is 44.9. The van der Waals surface area contributed by atoms with Crippen molar-refractivity contribution in [2.75, 3.05) is 73.7 Å². The number of aliphatic hydroxyl groups is 1.